The lowest BCUT2D eigenvalue weighted by molar-refractivity contribution is -0.139. The first-order chi connectivity index (χ1) is 10.2. The van der Waals surface area contributed by atoms with Gasteiger partial charge in [-0.15, -0.1) is 0 Å². The van der Waals surface area contributed by atoms with Crippen molar-refractivity contribution in [3.63, 3.8) is 0 Å². The van der Waals surface area contributed by atoms with Gasteiger partial charge in [0.25, 0.3) is 0 Å². The Hall–Kier alpha value is -1.55. The number of hydrogen-bond acceptors (Lipinski definition) is 3. The number of nitrogens with two attached hydrogens (primary N) is 1. The summed E-state index contributed by atoms with van der Waals surface area (Å²) in [7, 11) is 0. The number of hydrogen-bond donors (Lipinski definition) is 2. The van der Waals surface area contributed by atoms with Gasteiger partial charge in [0.2, 0.25) is 5.91 Å². The SMILES string of the molecule is NCC1CCCCC1C(=O)N1CCc2ccc(O)cc2C1. The van der Waals surface area contributed by atoms with E-state index in [4.69, 9.17) is 5.73 Å². The average Bonchev–Trinajstić information content (AvgIpc) is 2.53. The zero-order chi connectivity index (χ0) is 14.8. The predicted octanol–water partition coefficient (Wildman–Crippen LogP) is 2.04. The smallest absolute Gasteiger partial charge is 0.226 e. The molecule has 2 unspecified atom stereocenters. The molecule has 0 spiro atoms. The van der Waals surface area contributed by atoms with Crippen LogP contribution in [0.1, 0.15) is 36.8 Å². The summed E-state index contributed by atoms with van der Waals surface area (Å²) in [6, 6.07) is 5.48. The van der Waals surface area contributed by atoms with Crippen molar-refractivity contribution in [2.24, 2.45) is 17.6 Å². The van der Waals surface area contributed by atoms with Crippen molar-refractivity contribution in [3.8, 4) is 5.75 Å². The fourth-order valence-electron chi connectivity index (χ4n) is 3.78. The van der Waals surface area contributed by atoms with E-state index in [-0.39, 0.29) is 17.6 Å². The van der Waals surface area contributed by atoms with E-state index in [9.17, 15) is 9.90 Å². The second kappa shape index (κ2) is 6.06. The Morgan fingerprint density at radius 1 is 1.29 bits per heavy atom. The summed E-state index contributed by atoms with van der Waals surface area (Å²) in [6.07, 6.45) is 5.27. The van der Waals surface area contributed by atoms with Crippen molar-refractivity contribution < 1.29 is 9.90 Å². The summed E-state index contributed by atoms with van der Waals surface area (Å²) in [5.74, 6) is 0.985. The Labute approximate surface area is 125 Å². The first-order valence-electron chi connectivity index (χ1n) is 7.98. The molecule has 1 fully saturated rings. The summed E-state index contributed by atoms with van der Waals surface area (Å²) in [6.45, 7) is 2.02. The van der Waals surface area contributed by atoms with Crippen LogP contribution in [0.5, 0.6) is 5.75 Å². The summed E-state index contributed by atoms with van der Waals surface area (Å²) >= 11 is 0. The van der Waals surface area contributed by atoms with Gasteiger partial charge in [0.05, 0.1) is 0 Å². The second-order valence-corrected chi connectivity index (χ2v) is 6.35. The van der Waals surface area contributed by atoms with Crippen molar-refractivity contribution in [1.82, 2.24) is 4.90 Å². The molecule has 4 nitrogen and oxygen atoms in total. The highest BCUT2D eigenvalue weighted by atomic mass is 16.3. The van der Waals surface area contributed by atoms with E-state index in [1.165, 1.54) is 12.0 Å². The molecule has 21 heavy (non-hydrogen) atoms. The Kier molecular flexibility index (Phi) is 4.15. The molecule has 3 rings (SSSR count). The van der Waals surface area contributed by atoms with E-state index in [0.29, 0.717) is 19.0 Å². The van der Waals surface area contributed by atoms with Crippen LogP contribution in [0.3, 0.4) is 0 Å². The quantitative estimate of drug-likeness (QED) is 0.875. The van der Waals surface area contributed by atoms with Crippen molar-refractivity contribution in [2.45, 2.75) is 38.6 Å². The summed E-state index contributed by atoms with van der Waals surface area (Å²) in [5, 5.41) is 9.62. The molecule has 114 valence electrons. The third kappa shape index (κ3) is 2.91. The molecule has 1 aromatic rings. The Morgan fingerprint density at radius 2 is 2.10 bits per heavy atom. The van der Waals surface area contributed by atoms with Crippen molar-refractivity contribution in [3.05, 3.63) is 29.3 Å². The monoisotopic (exact) mass is 288 g/mol. The molecule has 0 radical (unpaired) electrons. The highest BCUT2D eigenvalue weighted by Gasteiger charge is 2.34. The minimum absolute atomic E-state index is 0.0996. The molecule has 1 heterocycles. The van der Waals surface area contributed by atoms with Crippen LogP contribution in [0, 0.1) is 11.8 Å². The number of benzene rings is 1. The highest BCUT2D eigenvalue weighted by molar-refractivity contribution is 5.79. The third-order valence-electron chi connectivity index (χ3n) is 5.04. The van der Waals surface area contributed by atoms with Gasteiger partial charge < -0.3 is 15.7 Å². The van der Waals surface area contributed by atoms with Crippen LogP contribution < -0.4 is 5.73 Å². The van der Waals surface area contributed by atoms with Crippen LogP contribution in [0.25, 0.3) is 0 Å². The fraction of sp³-hybridized carbons (Fsp3) is 0.588. The number of phenolic OH excluding ortho intramolecular Hbond substituents is 1. The first-order valence-corrected chi connectivity index (χ1v) is 7.98. The highest BCUT2D eigenvalue weighted by Crippen LogP contribution is 2.32. The van der Waals surface area contributed by atoms with Crippen LogP contribution in [0.2, 0.25) is 0 Å². The Bertz CT molecular complexity index is 530. The minimum atomic E-state index is 0.0996. The van der Waals surface area contributed by atoms with E-state index in [2.05, 4.69) is 0 Å². The second-order valence-electron chi connectivity index (χ2n) is 6.35. The Balaban J connectivity index is 1.74. The van der Waals surface area contributed by atoms with E-state index >= 15 is 0 Å². The van der Waals surface area contributed by atoms with Gasteiger partial charge in [0.15, 0.2) is 0 Å². The number of rotatable bonds is 2. The molecular weight excluding hydrogens is 264 g/mol. The number of amides is 1. The van der Waals surface area contributed by atoms with Gasteiger partial charge in [-0.3, -0.25) is 4.79 Å². The van der Waals surface area contributed by atoms with Gasteiger partial charge in [-0.05, 0) is 55.0 Å². The van der Waals surface area contributed by atoms with Crippen molar-refractivity contribution in [1.29, 1.82) is 0 Å². The maximum atomic E-state index is 12.8. The molecule has 1 aliphatic carbocycles. The van der Waals surface area contributed by atoms with Crippen LogP contribution in [-0.4, -0.2) is 29.0 Å². The van der Waals surface area contributed by atoms with Crippen LogP contribution in [0.15, 0.2) is 18.2 Å². The van der Waals surface area contributed by atoms with Gasteiger partial charge in [-0.25, -0.2) is 0 Å². The number of aromatic hydroxyl groups is 1. The molecule has 1 saturated carbocycles. The van der Waals surface area contributed by atoms with Crippen LogP contribution >= 0.6 is 0 Å². The standard InChI is InChI=1S/C17H24N2O2/c18-10-13-3-1-2-4-16(13)17(21)19-8-7-12-5-6-15(20)9-14(12)11-19/h5-6,9,13,16,20H,1-4,7-8,10-11,18H2. The lowest BCUT2D eigenvalue weighted by Crippen LogP contribution is -2.44. The molecule has 0 aromatic heterocycles. The molecule has 2 aliphatic rings. The average molecular weight is 288 g/mol. The number of carbonyl (C=O) groups excluding carboxylic acids is 1. The molecule has 3 N–H and O–H groups in total. The predicted molar refractivity (Wildman–Crippen MR) is 81.7 cm³/mol. The molecule has 1 aliphatic heterocycles. The van der Waals surface area contributed by atoms with Gasteiger partial charge in [0, 0.05) is 19.0 Å². The summed E-state index contributed by atoms with van der Waals surface area (Å²) in [4.78, 5) is 14.8. The Morgan fingerprint density at radius 3 is 2.90 bits per heavy atom. The van der Waals surface area contributed by atoms with Crippen LogP contribution in [-0.2, 0) is 17.8 Å². The van der Waals surface area contributed by atoms with Gasteiger partial charge in [-0.1, -0.05) is 18.9 Å². The van der Waals surface area contributed by atoms with E-state index in [0.717, 1.165) is 37.8 Å². The maximum absolute atomic E-state index is 12.8. The van der Waals surface area contributed by atoms with Crippen molar-refractivity contribution in [2.75, 3.05) is 13.1 Å². The third-order valence-corrected chi connectivity index (χ3v) is 5.04. The topological polar surface area (TPSA) is 66.6 Å². The zero-order valence-electron chi connectivity index (χ0n) is 12.4. The van der Waals surface area contributed by atoms with E-state index in [1.54, 1.807) is 12.1 Å². The maximum Gasteiger partial charge on any atom is 0.226 e. The van der Waals surface area contributed by atoms with E-state index < -0.39 is 0 Å². The fourth-order valence-corrected chi connectivity index (χ4v) is 3.78. The number of carbonyl (C=O) groups is 1. The van der Waals surface area contributed by atoms with Crippen LogP contribution in [0.4, 0.5) is 0 Å². The molecular formula is C17H24N2O2. The lowest BCUT2D eigenvalue weighted by Gasteiger charge is -2.36. The summed E-state index contributed by atoms with van der Waals surface area (Å²) < 4.78 is 0. The largest absolute Gasteiger partial charge is 0.508 e. The molecule has 2 atom stereocenters. The van der Waals surface area contributed by atoms with Crippen molar-refractivity contribution >= 4 is 5.91 Å². The van der Waals surface area contributed by atoms with E-state index in [1.807, 2.05) is 11.0 Å². The normalized spacial score (nSPS) is 25.5. The zero-order valence-corrected chi connectivity index (χ0v) is 12.4. The van der Waals surface area contributed by atoms with Gasteiger partial charge in [0.1, 0.15) is 5.75 Å². The molecule has 4 heteroatoms. The first kappa shape index (κ1) is 14.4. The number of phenols is 1. The minimum Gasteiger partial charge on any atom is -0.508 e. The van der Waals surface area contributed by atoms with Gasteiger partial charge >= 0.3 is 0 Å². The van der Waals surface area contributed by atoms with Gasteiger partial charge in [-0.2, -0.15) is 0 Å². The molecule has 0 bridgehead atoms. The molecule has 0 saturated heterocycles. The summed E-state index contributed by atoms with van der Waals surface area (Å²) in [5.41, 5.74) is 8.18. The molecule has 1 aromatic carbocycles. The number of fused-ring (bicyclic) bond motifs is 1. The lowest BCUT2D eigenvalue weighted by atomic mass is 9.78. The molecule has 1 amide bonds. The number of nitrogens with zero attached hydrogens (tertiary/aromatic N) is 1.